The molecule has 1 heterocycles. The molecule has 1 aromatic heterocycles. The van der Waals surface area contributed by atoms with Gasteiger partial charge in [-0.1, -0.05) is 12.8 Å². The summed E-state index contributed by atoms with van der Waals surface area (Å²) in [6.45, 7) is 0.219. The van der Waals surface area contributed by atoms with Crippen molar-refractivity contribution in [2.45, 2.75) is 38.3 Å². The van der Waals surface area contributed by atoms with Gasteiger partial charge in [-0.15, -0.1) is 0 Å². The molecule has 0 aromatic carbocycles. The standard InChI is InChI=1S/C10H15N3O2/c11-5-9-12-6-8(15-9)10(14)13-7-3-1-2-4-7/h6-7H,1-5,11H2,(H,13,14). The lowest BCUT2D eigenvalue weighted by molar-refractivity contribution is 0.0908. The second-order valence-corrected chi connectivity index (χ2v) is 3.78. The predicted molar refractivity (Wildman–Crippen MR) is 54.1 cm³/mol. The molecule has 1 fully saturated rings. The number of aromatic nitrogens is 1. The van der Waals surface area contributed by atoms with Crippen LogP contribution < -0.4 is 11.1 Å². The first-order valence-corrected chi connectivity index (χ1v) is 5.25. The number of oxazole rings is 1. The Balaban J connectivity index is 1.94. The van der Waals surface area contributed by atoms with Gasteiger partial charge < -0.3 is 15.5 Å². The largest absolute Gasteiger partial charge is 0.434 e. The van der Waals surface area contributed by atoms with E-state index in [1.165, 1.54) is 19.0 Å². The van der Waals surface area contributed by atoms with E-state index in [1.54, 1.807) is 0 Å². The quantitative estimate of drug-likeness (QED) is 0.771. The third kappa shape index (κ3) is 2.36. The summed E-state index contributed by atoms with van der Waals surface area (Å²) in [7, 11) is 0. The molecule has 0 atom stereocenters. The zero-order valence-corrected chi connectivity index (χ0v) is 8.53. The average Bonchev–Trinajstić information content (AvgIpc) is 2.86. The van der Waals surface area contributed by atoms with Gasteiger partial charge in [0.2, 0.25) is 11.7 Å². The number of nitrogens with one attached hydrogen (secondary N) is 1. The molecular formula is C10H15N3O2. The minimum absolute atomic E-state index is 0.186. The zero-order valence-electron chi connectivity index (χ0n) is 8.53. The van der Waals surface area contributed by atoms with E-state index in [1.807, 2.05) is 0 Å². The van der Waals surface area contributed by atoms with E-state index in [0.29, 0.717) is 11.9 Å². The Bertz CT molecular complexity index is 342. The van der Waals surface area contributed by atoms with Crippen LogP contribution in [0.3, 0.4) is 0 Å². The van der Waals surface area contributed by atoms with Gasteiger partial charge in [0.1, 0.15) is 0 Å². The molecule has 2 rings (SSSR count). The molecule has 0 aliphatic heterocycles. The Kier molecular flexibility index (Phi) is 3.01. The van der Waals surface area contributed by atoms with Crippen LogP contribution in [0.2, 0.25) is 0 Å². The van der Waals surface area contributed by atoms with Gasteiger partial charge in [-0.3, -0.25) is 4.79 Å². The molecule has 3 N–H and O–H groups in total. The van der Waals surface area contributed by atoms with Gasteiger partial charge in [0.05, 0.1) is 12.7 Å². The van der Waals surface area contributed by atoms with Crippen LogP contribution in [0, 0.1) is 0 Å². The molecule has 0 spiro atoms. The summed E-state index contributed by atoms with van der Waals surface area (Å²) < 4.78 is 5.16. The summed E-state index contributed by atoms with van der Waals surface area (Å²) in [6.07, 6.45) is 5.92. The van der Waals surface area contributed by atoms with Crippen molar-refractivity contribution in [2.24, 2.45) is 5.73 Å². The molecule has 0 unspecified atom stereocenters. The third-order valence-electron chi connectivity index (χ3n) is 2.64. The number of rotatable bonds is 3. The summed E-state index contributed by atoms with van der Waals surface area (Å²) in [5, 5.41) is 2.92. The van der Waals surface area contributed by atoms with Crippen molar-refractivity contribution < 1.29 is 9.21 Å². The van der Waals surface area contributed by atoms with Crippen LogP contribution in [0.4, 0.5) is 0 Å². The minimum atomic E-state index is -0.186. The Labute approximate surface area is 88.0 Å². The van der Waals surface area contributed by atoms with E-state index in [4.69, 9.17) is 10.2 Å². The molecule has 1 amide bonds. The molecule has 1 saturated carbocycles. The number of carbonyl (C=O) groups excluding carboxylic acids is 1. The van der Waals surface area contributed by atoms with Crippen molar-refractivity contribution in [2.75, 3.05) is 0 Å². The van der Waals surface area contributed by atoms with Crippen LogP contribution >= 0.6 is 0 Å². The molecule has 0 saturated heterocycles. The smallest absolute Gasteiger partial charge is 0.288 e. The SMILES string of the molecule is NCc1ncc(C(=O)NC2CCCC2)o1. The van der Waals surface area contributed by atoms with Crippen LogP contribution in [-0.4, -0.2) is 16.9 Å². The number of nitrogens with zero attached hydrogens (tertiary/aromatic N) is 1. The number of carbonyl (C=O) groups is 1. The van der Waals surface area contributed by atoms with Gasteiger partial charge in [0, 0.05) is 6.04 Å². The third-order valence-corrected chi connectivity index (χ3v) is 2.64. The second-order valence-electron chi connectivity index (χ2n) is 3.78. The topological polar surface area (TPSA) is 81.1 Å². The van der Waals surface area contributed by atoms with E-state index in [0.717, 1.165) is 12.8 Å². The fraction of sp³-hybridized carbons (Fsp3) is 0.600. The highest BCUT2D eigenvalue weighted by Crippen LogP contribution is 2.18. The number of hydrogen-bond donors (Lipinski definition) is 2. The highest BCUT2D eigenvalue weighted by Gasteiger charge is 2.19. The Hall–Kier alpha value is -1.36. The van der Waals surface area contributed by atoms with Crippen LogP contribution in [0.25, 0.3) is 0 Å². The monoisotopic (exact) mass is 209 g/mol. The van der Waals surface area contributed by atoms with Crippen LogP contribution in [0.15, 0.2) is 10.6 Å². The van der Waals surface area contributed by atoms with Crippen LogP contribution in [-0.2, 0) is 6.54 Å². The van der Waals surface area contributed by atoms with Crippen LogP contribution in [0.5, 0.6) is 0 Å². The normalized spacial score (nSPS) is 16.9. The van der Waals surface area contributed by atoms with Gasteiger partial charge >= 0.3 is 0 Å². The molecule has 0 radical (unpaired) electrons. The van der Waals surface area contributed by atoms with E-state index in [9.17, 15) is 4.79 Å². The summed E-state index contributed by atoms with van der Waals surface area (Å²) in [4.78, 5) is 15.5. The molecule has 15 heavy (non-hydrogen) atoms. The predicted octanol–water partition coefficient (Wildman–Crippen LogP) is 0.806. The van der Waals surface area contributed by atoms with E-state index < -0.39 is 0 Å². The highest BCUT2D eigenvalue weighted by molar-refractivity contribution is 5.91. The molecular weight excluding hydrogens is 194 g/mol. The van der Waals surface area contributed by atoms with Crippen molar-refractivity contribution in [1.82, 2.24) is 10.3 Å². The number of nitrogens with two attached hydrogens (primary N) is 1. The van der Waals surface area contributed by atoms with E-state index in [2.05, 4.69) is 10.3 Å². The van der Waals surface area contributed by atoms with Crippen LogP contribution in [0.1, 0.15) is 42.1 Å². The molecule has 1 aromatic rings. The van der Waals surface area contributed by atoms with Gasteiger partial charge in [-0.2, -0.15) is 0 Å². The van der Waals surface area contributed by atoms with E-state index in [-0.39, 0.29) is 18.2 Å². The van der Waals surface area contributed by atoms with Gasteiger partial charge in [0.15, 0.2) is 0 Å². The van der Waals surface area contributed by atoms with E-state index >= 15 is 0 Å². The summed E-state index contributed by atoms with van der Waals surface area (Å²) in [5.41, 5.74) is 5.34. The Morgan fingerprint density at radius 2 is 2.33 bits per heavy atom. The number of hydrogen-bond acceptors (Lipinski definition) is 4. The molecule has 5 nitrogen and oxygen atoms in total. The number of amides is 1. The summed E-state index contributed by atoms with van der Waals surface area (Å²) >= 11 is 0. The van der Waals surface area contributed by atoms with Crippen molar-refractivity contribution in [3.63, 3.8) is 0 Å². The average molecular weight is 209 g/mol. The zero-order chi connectivity index (χ0) is 10.7. The van der Waals surface area contributed by atoms with Gasteiger partial charge in [-0.05, 0) is 12.8 Å². The molecule has 82 valence electrons. The van der Waals surface area contributed by atoms with Crippen molar-refractivity contribution in [3.8, 4) is 0 Å². The summed E-state index contributed by atoms with van der Waals surface area (Å²) in [5.74, 6) is 0.461. The first-order chi connectivity index (χ1) is 7.29. The van der Waals surface area contributed by atoms with Gasteiger partial charge in [-0.25, -0.2) is 4.98 Å². The molecule has 1 aliphatic carbocycles. The molecule has 0 bridgehead atoms. The molecule has 1 aliphatic rings. The maximum absolute atomic E-state index is 11.6. The fourth-order valence-corrected chi connectivity index (χ4v) is 1.84. The Morgan fingerprint density at radius 1 is 1.60 bits per heavy atom. The lowest BCUT2D eigenvalue weighted by Gasteiger charge is -2.09. The maximum Gasteiger partial charge on any atom is 0.288 e. The first kappa shape index (κ1) is 10.2. The van der Waals surface area contributed by atoms with Crippen molar-refractivity contribution in [3.05, 3.63) is 17.8 Å². The minimum Gasteiger partial charge on any atom is -0.434 e. The lowest BCUT2D eigenvalue weighted by Crippen LogP contribution is -2.32. The van der Waals surface area contributed by atoms with Crippen molar-refractivity contribution >= 4 is 5.91 Å². The first-order valence-electron chi connectivity index (χ1n) is 5.25. The van der Waals surface area contributed by atoms with Crippen molar-refractivity contribution in [1.29, 1.82) is 0 Å². The second kappa shape index (κ2) is 4.44. The molecule has 5 heteroatoms. The highest BCUT2D eigenvalue weighted by atomic mass is 16.4. The maximum atomic E-state index is 11.6. The Morgan fingerprint density at radius 3 is 2.93 bits per heavy atom. The lowest BCUT2D eigenvalue weighted by atomic mass is 10.2. The van der Waals surface area contributed by atoms with Gasteiger partial charge in [0.25, 0.3) is 5.91 Å². The fourth-order valence-electron chi connectivity index (χ4n) is 1.84. The summed E-state index contributed by atoms with van der Waals surface area (Å²) in [6, 6.07) is 0.295.